The van der Waals surface area contributed by atoms with E-state index in [-0.39, 0.29) is 10.3 Å². The lowest BCUT2D eigenvalue weighted by Gasteiger charge is -2.11. The molecule has 3 nitrogen and oxygen atoms in total. The van der Waals surface area contributed by atoms with Crippen LogP contribution in [-0.4, -0.2) is 10.3 Å². The third-order valence-corrected chi connectivity index (χ3v) is 2.41. The molecule has 0 aliphatic heterocycles. The molecule has 1 aromatic carbocycles. The van der Waals surface area contributed by atoms with Crippen LogP contribution in [0.3, 0.4) is 0 Å². The first-order valence-corrected chi connectivity index (χ1v) is 5.28. The van der Waals surface area contributed by atoms with E-state index in [1.165, 1.54) is 0 Å². The van der Waals surface area contributed by atoms with Gasteiger partial charge in [0.2, 0.25) is 6.04 Å². The van der Waals surface area contributed by atoms with E-state index < -0.39 is 6.04 Å². The molecule has 0 aliphatic rings. The molecular weight excluding hydrogens is 214 g/mol. The van der Waals surface area contributed by atoms with Crippen molar-refractivity contribution in [3.63, 3.8) is 0 Å². The normalized spacial score (nSPS) is 14.6. The van der Waals surface area contributed by atoms with Gasteiger partial charge in [-0.25, -0.2) is 0 Å². The SMILES string of the molecule is Cc1cccc(C(CC(C)Cl)[N+](=O)[O-])c1. The van der Waals surface area contributed by atoms with Gasteiger partial charge in [-0.1, -0.05) is 23.8 Å². The quantitative estimate of drug-likeness (QED) is 0.450. The van der Waals surface area contributed by atoms with Crippen LogP contribution in [0.2, 0.25) is 0 Å². The summed E-state index contributed by atoms with van der Waals surface area (Å²) >= 11 is 5.80. The maximum absolute atomic E-state index is 10.9. The Hall–Kier alpha value is -1.09. The van der Waals surface area contributed by atoms with E-state index in [0.29, 0.717) is 6.42 Å². The Kier molecular flexibility index (Phi) is 4.09. The highest BCUT2D eigenvalue weighted by Crippen LogP contribution is 2.24. The maximum atomic E-state index is 10.9. The molecule has 1 rings (SSSR count). The topological polar surface area (TPSA) is 43.1 Å². The van der Waals surface area contributed by atoms with E-state index in [4.69, 9.17) is 11.6 Å². The molecule has 0 heterocycles. The number of hydrogen-bond acceptors (Lipinski definition) is 2. The van der Waals surface area contributed by atoms with Gasteiger partial charge in [0.1, 0.15) is 0 Å². The number of nitrogens with zero attached hydrogens (tertiary/aromatic N) is 1. The summed E-state index contributed by atoms with van der Waals surface area (Å²) in [4.78, 5) is 10.6. The number of alkyl halides is 1. The molecule has 1 aromatic rings. The number of aryl methyl sites for hydroxylation is 1. The van der Waals surface area contributed by atoms with Gasteiger partial charge in [-0.2, -0.15) is 0 Å². The first kappa shape index (κ1) is 12.0. The summed E-state index contributed by atoms with van der Waals surface area (Å²) < 4.78 is 0. The predicted molar refractivity (Wildman–Crippen MR) is 60.8 cm³/mol. The van der Waals surface area contributed by atoms with Crippen molar-refractivity contribution in [3.05, 3.63) is 45.5 Å². The van der Waals surface area contributed by atoms with E-state index in [2.05, 4.69) is 0 Å². The highest BCUT2D eigenvalue weighted by molar-refractivity contribution is 6.20. The van der Waals surface area contributed by atoms with E-state index in [0.717, 1.165) is 11.1 Å². The summed E-state index contributed by atoms with van der Waals surface area (Å²) in [6.45, 7) is 3.69. The van der Waals surface area contributed by atoms with Crippen molar-refractivity contribution in [2.24, 2.45) is 0 Å². The van der Waals surface area contributed by atoms with E-state index >= 15 is 0 Å². The zero-order valence-corrected chi connectivity index (χ0v) is 9.57. The zero-order valence-electron chi connectivity index (χ0n) is 8.81. The Labute approximate surface area is 94.2 Å². The number of hydrogen-bond donors (Lipinski definition) is 0. The van der Waals surface area contributed by atoms with Crippen LogP contribution in [0.15, 0.2) is 24.3 Å². The van der Waals surface area contributed by atoms with Gasteiger partial charge >= 0.3 is 0 Å². The smallest absolute Gasteiger partial charge is 0.239 e. The van der Waals surface area contributed by atoms with Crippen LogP contribution in [0, 0.1) is 17.0 Å². The summed E-state index contributed by atoms with van der Waals surface area (Å²) in [6.07, 6.45) is 0.359. The molecular formula is C11H14ClNO2. The molecule has 0 radical (unpaired) electrons. The molecule has 82 valence electrons. The summed E-state index contributed by atoms with van der Waals surface area (Å²) in [6, 6.07) is 6.68. The van der Waals surface area contributed by atoms with Gasteiger partial charge in [0.15, 0.2) is 0 Å². The molecule has 15 heavy (non-hydrogen) atoms. The lowest BCUT2D eigenvalue weighted by Crippen LogP contribution is -2.14. The standard InChI is InChI=1S/C11H14ClNO2/c1-8-4-3-5-10(6-8)11(13(14)15)7-9(2)12/h3-6,9,11H,7H2,1-2H3. The molecule has 0 saturated carbocycles. The van der Waals surface area contributed by atoms with Gasteiger partial charge in [-0.3, -0.25) is 10.1 Å². The Morgan fingerprint density at radius 3 is 2.67 bits per heavy atom. The largest absolute Gasteiger partial charge is 0.264 e. The monoisotopic (exact) mass is 227 g/mol. The van der Waals surface area contributed by atoms with Crippen molar-refractivity contribution >= 4 is 11.6 Å². The van der Waals surface area contributed by atoms with Crippen LogP contribution >= 0.6 is 11.6 Å². The second-order valence-corrected chi connectivity index (χ2v) is 4.48. The fourth-order valence-corrected chi connectivity index (χ4v) is 1.70. The second kappa shape index (κ2) is 5.12. The van der Waals surface area contributed by atoms with Crippen molar-refractivity contribution in [2.75, 3.05) is 0 Å². The minimum absolute atomic E-state index is 0.194. The third-order valence-electron chi connectivity index (χ3n) is 2.23. The molecule has 0 spiro atoms. The first-order chi connectivity index (χ1) is 7.00. The minimum Gasteiger partial charge on any atom is -0.264 e. The Bertz CT molecular complexity index is 352. The van der Waals surface area contributed by atoms with Gasteiger partial charge in [0.25, 0.3) is 0 Å². The fourth-order valence-electron chi connectivity index (χ4n) is 1.53. The van der Waals surface area contributed by atoms with Crippen LogP contribution in [0.25, 0.3) is 0 Å². The zero-order chi connectivity index (χ0) is 11.4. The molecule has 0 aromatic heterocycles. The van der Waals surface area contributed by atoms with Crippen LogP contribution in [0.4, 0.5) is 0 Å². The average Bonchev–Trinajstić information content (AvgIpc) is 2.13. The molecule has 0 fully saturated rings. The highest BCUT2D eigenvalue weighted by atomic mass is 35.5. The van der Waals surface area contributed by atoms with E-state index in [1.54, 1.807) is 13.0 Å². The number of halogens is 1. The van der Waals surface area contributed by atoms with Crippen molar-refractivity contribution in [1.29, 1.82) is 0 Å². The molecule has 2 atom stereocenters. The lowest BCUT2D eigenvalue weighted by molar-refractivity contribution is -0.529. The fraction of sp³-hybridized carbons (Fsp3) is 0.455. The van der Waals surface area contributed by atoms with Gasteiger partial charge < -0.3 is 0 Å². The van der Waals surface area contributed by atoms with Gasteiger partial charge in [0.05, 0.1) is 0 Å². The van der Waals surface area contributed by atoms with Gasteiger partial charge in [-0.05, 0) is 19.9 Å². The van der Waals surface area contributed by atoms with Gasteiger partial charge in [0, 0.05) is 22.3 Å². The molecule has 0 saturated heterocycles. The molecule has 0 N–H and O–H groups in total. The Balaban J connectivity index is 2.94. The van der Waals surface area contributed by atoms with Crippen molar-refractivity contribution < 1.29 is 4.92 Å². The molecule has 0 aliphatic carbocycles. The number of benzene rings is 1. The van der Waals surface area contributed by atoms with Crippen LogP contribution in [-0.2, 0) is 0 Å². The lowest BCUT2D eigenvalue weighted by atomic mass is 10.0. The Morgan fingerprint density at radius 2 is 2.20 bits per heavy atom. The van der Waals surface area contributed by atoms with Crippen molar-refractivity contribution in [2.45, 2.75) is 31.7 Å². The number of rotatable bonds is 4. The van der Waals surface area contributed by atoms with E-state index in [9.17, 15) is 10.1 Å². The summed E-state index contributed by atoms with van der Waals surface area (Å²) in [5.41, 5.74) is 1.76. The van der Waals surface area contributed by atoms with E-state index in [1.807, 2.05) is 25.1 Å². The van der Waals surface area contributed by atoms with Crippen LogP contribution < -0.4 is 0 Å². The molecule has 0 amide bonds. The van der Waals surface area contributed by atoms with Crippen LogP contribution in [0.5, 0.6) is 0 Å². The van der Waals surface area contributed by atoms with Crippen molar-refractivity contribution in [3.8, 4) is 0 Å². The molecule has 4 heteroatoms. The molecule has 2 unspecified atom stereocenters. The average molecular weight is 228 g/mol. The number of nitro groups is 1. The summed E-state index contributed by atoms with van der Waals surface area (Å²) in [5.74, 6) is 0. The summed E-state index contributed by atoms with van der Waals surface area (Å²) in [7, 11) is 0. The maximum Gasteiger partial charge on any atom is 0.239 e. The van der Waals surface area contributed by atoms with Gasteiger partial charge in [-0.15, -0.1) is 11.6 Å². The second-order valence-electron chi connectivity index (χ2n) is 3.73. The first-order valence-electron chi connectivity index (χ1n) is 4.85. The van der Waals surface area contributed by atoms with Crippen LogP contribution in [0.1, 0.15) is 30.5 Å². The third kappa shape index (κ3) is 3.51. The predicted octanol–water partition coefficient (Wildman–Crippen LogP) is 3.33. The Morgan fingerprint density at radius 1 is 1.53 bits per heavy atom. The highest BCUT2D eigenvalue weighted by Gasteiger charge is 2.24. The van der Waals surface area contributed by atoms with Crippen molar-refractivity contribution in [1.82, 2.24) is 0 Å². The molecule has 0 bridgehead atoms. The minimum atomic E-state index is -0.697. The summed E-state index contributed by atoms with van der Waals surface area (Å²) in [5, 5.41) is 10.7.